The number of imidazole rings is 3. The van der Waals surface area contributed by atoms with Crippen LogP contribution in [0.3, 0.4) is 0 Å². The molecule has 0 saturated carbocycles. The van der Waals surface area contributed by atoms with Gasteiger partial charge in [-0.15, -0.1) is 0 Å². The summed E-state index contributed by atoms with van der Waals surface area (Å²) in [5, 5.41) is 0. The molecule has 8 aliphatic rings. The zero-order chi connectivity index (χ0) is 90.1. The van der Waals surface area contributed by atoms with Gasteiger partial charge in [0.15, 0.2) is 96.9 Å². The molecule has 8 aliphatic heterocycles. The minimum absolute atomic E-state index is 0.542. The van der Waals surface area contributed by atoms with Crippen LogP contribution < -0.4 is 46.3 Å². The summed E-state index contributed by atoms with van der Waals surface area (Å²) in [5.74, 6) is 4.16. The molecule has 123 heavy (non-hydrogen) atoms. The average molecular weight is 1690 g/mol. The smallest absolute Gasteiger partial charge is 0.333 e. The number of nitrogens with zero attached hydrogens (tertiary/aromatic N) is 18. The standard InChI is InChI=1S/4C14H23N2.C13H21N2.2C12H22N3.C11H19N3/c1-11(2)15-7-5-14-10-16(12(3)4)8-6-13(14)9-15;1-11(2)15-7-5-13-6-8-16(12(3)4)10-14(13)9-15;1-11(2)15-9-7-14-13(10-15)6-5-8-16(14)12(3)4;1-11(2)15-9-7-13-6-5-8-16(12(3)4)14(13)10-15;1-10(2)14-6-5-12-7-15(11(3)4)9-13(12)8-14;1-10(2)14-6-5-13-7-8-15(11(3)4)12(13)9-14;1-10(2)14-7-5-6-13-8-9-15(11(3)4)12(13)14;1-8(2)13-6-5-10-11(13)12-7-14(10)9(3)4/h2*5,7,9,11-12H,6,8,10H2,1-4H3;2*5-6,8,11-12H,7,9-10H2,1-4H3;5-6,8,10-11H,7,9H2,1-4H3;7-8,10-11H,5-6,9H2,1-4H3;8-11H,5-7H2,1-4H3;7-9H,5-6H2,1-4H3/q7*+1;/p+1. The van der Waals surface area contributed by atoms with Crippen molar-refractivity contribution in [1.82, 2.24) is 43.5 Å². The summed E-state index contributed by atoms with van der Waals surface area (Å²) in [4.78, 5) is 23.6. The lowest BCUT2D eigenvalue weighted by Crippen LogP contribution is -2.51. The second-order valence-electron chi connectivity index (χ2n) is 40.8. The first kappa shape index (κ1) is 99.5. The van der Waals surface area contributed by atoms with Crippen molar-refractivity contribution in [2.75, 3.05) is 55.6 Å². The second kappa shape index (κ2) is 45.9. The molecule has 680 valence electrons. The molecule has 0 unspecified atom stereocenters. The number of nitrogens with one attached hydrogen (secondary N) is 1. The largest absolute Gasteiger partial charge is 0.360 e. The van der Waals surface area contributed by atoms with Crippen LogP contribution in [0, 0.1) is 0 Å². The summed E-state index contributed by atoms with van der Waals surface area (Å²) >= 11 is 0. The number of H-pyrrole nitrogens is 1. The Hall–Kier alpha value is -7.26. The van der Waals surface area contributed by atoms with E-state index >= 15 is 0 Å². The van der Waals surface area contributed by atoms with Crippen LogP contribution >= 0.6 is 0 Å². The Balaban J connectivity index is 0.000000160. The van der Waals surface area contributed by atoms with Gasteiger partial charge in [0.1, 0.15) is 25.5 Å². The fraction of sp³-hybridized carbons (Fsp3) is 0.673. The van der Waals surface area contributed by atoms with E-state index in [1.807, 2.05) is 0 Å². The second-order valence-corrected chi connectivity index (χ2v) is 40.8. The SMILES string of the molecule is CC(C)N1CCC[n+]2ccn(C(C)C)c21.CC(C)N1CC[n+]2ccn(C(C)C)c2C1.CC(C)N1CCc2c(ccc[n+]2C(C)C)C1.CC(C)N1CCc2c1[nH]c[n+]2C(C)C.CC(C)N1CCc2c[n+](C(C)C)ccc2C1.CC(C)N1CCc2cc[n+](C(C)C)cc2C1.CC(C)N1CCc2ccc[n+](C(C)C)c2C1.CC(C)N1Cc2cc[n+](C(C)C)cc2C1. The number of hydrogen-bond acceptors (Lipinski definition) is 8. The molecule has 0 fully saturated rings. The summed E-state index contributed by atoms with van der Waals surface area (Å²) in [6.45, 7) is 90.6. The Labute approximate surface area is 749 Å². The number of hydrogen-bond donors (Lipinski definition) is 1. The third-order valence-corrected chi connectivity index (χ3v) is 26.8. The first-order chi connectivity index (χ1) is 58.2. The summed E-state index contributed by atoms with van der Waals surface area (Å²) < 4.78 is 23.6. The van der Waals surface area contributed by atoms with Crippen LogP contribution in [-0.2, 0) is 91.0 Å². The van der Waals surface area contributed by atoms with Crippen molar-refractivity contribution in [2.24, 2.45) is 0 Å². The van der Waals surface area contributed by atoms with E-state index in [1.54, 1.807) is 0 Å². The first-order valence-corrected chi connectivity index (χ1v) is 48.6. The molecule has 16 rings (SSSR count). The van der Waals surface area contributed by atoms with Gasteiger partial charge in [-0.3, -0.25) is 34.3 Å². The molecule has 0 aromatic carbocycles. The number of aromatic amines is 1. The molecule has 0 saturated heterocycles. The Kier molecular flexibility index (Phi) is 37.2. The minimum atomic E-state index is 0.542. The molecule has 19 nitrogen and oxygen atoms in total. The van der Waals surface area contributed by atoms with Crippen LogP contribution in [-0.4, -0.2) is 138 Å². The molecule has 0 bridgehead atoms. The Morgan fingerprint density at radius 1 is 0.276 bits per heavy atom. The predicted molar refractivity (Wildman–Crippen MR) is 507 cm³/mol. The van der Waals surface area contributed by atoms with Gasteiger partial charge in [0.2, 0.25) is 12.1 Å². The highest BCUT2D eigenvalue weighted by atomic mass is 15.4. The number of rotatable bonds is 16. The lowest BCUT2D eigenvalue weighted by molar-refractivity contribution is -0.724. The van der Waals surface area contributed by atoms with E-state index in [1.165, 1.54) is 157 Å². The highest BCUT2D eigenvalue weighted by molar-refractivity contribution is 5.47. The number of fused-ring (bicyclic) bond motifs is 8. The van der Waals surface area contributed by atoms with Gasteiger partial charge >= 0.3 is 5.95 Å². The zero-order valence-corrected chi connectivity index (χ0v) is 83.9. The van der Waals surface area contributed by atoms with E-state index in [0.29, 0.717) is 96.7 Å². The van der Waals surface area contributed by atoms with E-state index in [9.17, 15) is 0 Å². The van der Waals surface area contributed by atoms with E-state index < -0.39 is 0 Å². The van der Waals surface area contributed by atoms with Crippen LogP contribution in [0.2, 0.25) is 0 Å². The fourth-order valence-corrected chi connectivity index (χ4v) is 18.4. The van der Waals surface area contributed by atoms with Crippen molar-refractivity contribution in [3.63, 3.8) is 0 Å². The third-order valence-electron chi connectivity index (χ3n) is 26.8. The van der Waals surface area contributed by atoms with Gasteiger partial charge in [0.25, 0.3) is 5.82 Å². The highest BCUT2D eigenvalue weighted by Gasteiger charge is 2.36. The molecule has 19 heteroatoms. The maximum absolute atomic E-state index is 3.39. The predicted octanol–water partition coefficient (Wildman–Crippen LogP) is 16.8. The maximum Gasteiger partial charge on any atom is 0.360 e. The lowest BCUT2D eigenvalue weighted by Gasteiger charge is -2.31. The van der Waals surface area contributed by atoms with Crippen LogP contribution in [0.5, 0.6) is 0 Å². The average Bonchev–Trinajstić information content (AvgIpc) is 1.69. The van der Waals surface area contributed by atoms with E-state index in [4.69, 9.17) is 0 Å². The monoisotopic (exact) mass is 1690 g/mol. The fourth-order valence-electron chi connectivity index (χ4n) is 18.4. The molecule has 0 spiro atoms. The van der Waals surface area contributed by atoms with E-state index in [0.717, 1.165) is 65.4 Å². The molecule has 8 aromatic rings. The van der Waals surface area contributed by atoms with Crippen LogP contribution in [0.25, 0.3) is 0 Å². The van der Waals surface area contributed by atoms with Crippen LogP contribution in [0.15, 0.2) is 123 Å². The molecule has 1 N–H and O–H groups in total. The molecule has 8 aromatic heterocycles. The van der Waals surface area contributed by atoms with Gasteiger partial charge in [0, 0.05) is 192 Å². The third kappa shape index (κ3) is 26.5. The van der Waals surface area contributed by atoms with Crippen molar-refractivity contribution in [3.8, 4) is 0 Å². The molecule has 0 radical (unpaired) electrons. The van der Waals surface area contributed by atoms with Gasteiger partial charge in [-0.1, -0.05) is 0 Å². The van der Waals surface area contributed by atoms with Crippen molar-refractivity contribution >= 4 is 11.8 Å². The summed E-state index contributed by atoms with van der Waals surface area (Å²) in [5.41, 5.74) is 16.7. The van der Waals surface area contributed by atoms with Gasteiger partial charge in [-0.2, -0.15) is 4.57 Å². The van der Waals surface area contributed by atoms with Crippen molar-refractivity contribution < 1.29 is 36.5 Å². The maximum atomic E-state index is 3.39. The number of pyridine rings is 5. The summed E-state index contributed by atoms with van der Waals surface area (Å²) in [6, 6.07) is 25.4. The van der Waals surface area contributed by atoms with Crippen LogP contribution in [0.1, 0.15) is 344 Å². The van der Waals surface area contributed by atoms with Gasteiger partial charge in [0.05, 0.1) is 56.2 Å². The number of anilines is 2. The molecule has 0 amide bonds. The topological polar surface area (TPSA) is 82.6 Å². The van der Waals surface area contributed by atoms with Gasteiger partial charge < -0.3 is 4.90 Å². The highest BCUT2D eigenvalue weighted by Crippen LogP contribution is 2.29. The minimum Gasteiger partial charge on any atom is -0.333 e. The van der Waals surface area contributed by atoms with Crippen molar-refractivity contribution in [3.05, 3.63) is 191 Å². The summed E-state index contributed by atoms with van der Waals surface area (Å²) in [7, 11) is 0. The van der Waals surface area contributed by atoms with Crippen molar-refractivity contribution in [2.45, 2.75) is 416 Å². The number of aryl methyl sites for hydroxylation is 1. The molecule has 16 heterocycles. The zero-order valence-electron chi connectivity index (χ0n) is 83.9. The first-order valence-electron chi connectivity index (χ1n) is 48.6. The van der Waals surface area contributed by atoms with Crippen molar-refractivity contribution in [1.29, 1.82) is 0 Å². The van der Waals surface area contributed by atoms with Gasteiger partial charge in [-0.25, -0.2) is 46.1 Å². The summed E-state index contributed by atoms with van der Waals surface area (Å²) in [6.07, 6.45) is 36.2. The number of aromatic nitrogens is 11. The van der Waals surface area contributed by atoms with Crippen LogP contribution in [0.4, 0.5) is 11.8 Å². The molecule has 0 aliphatic carbocycles. The Morgan fingerprint density at radius 3 is 1.20 bits per heavy atom. The normalized spacial score (nSPS) is 16.7. The van der Waals surface area contributed by atoms with E-state index in [-0.39, 0.29) is 0 Å². The Bertz CT molecular complexity index is 4530. The molecule has 0 atom stereocenters. The lowest BCUT2D eigenvalue weighted by atomic mass is 10.0. The van der Waals surface area contributed by atoms with E-state index in [2.05, 4.69) is 435 Å². The molecular weight excluding hydrogens is 1520 g/mol. The van der Waals surface area contributed by atoms with Gasteiger partial charge in [-0.05, 0) is 270 Å². The quantitative estimate of drug-likeness (QED) is 0.0959. The molecular formula is C104H177N19+8. The Morgan fingerprint density at radius 2 is 0.683 bits per heavy atom.